The lowest BCUT2D eigenvalue weighted by atomic mass is 9.77. The van der Waals surface area contributed by atoms with Gasteiger partial charge in [0.2, 0.25) is 5.91 Å². The molecule has 0 saturated carbocycles. The zero-order valence-electron chi connectivity index (χ0n) is 17.0. The largest absolute Gasteiger partial charge is 0.465 e. The molecule has 0 aromatic heterocycles. The second kappa shape index (κ2) is 8.71. The predicted octanol–water partition coefficient (Wildman–Crippen LogP) is 2.64. The molecule has 2 saturated heterocycles. The van der Waals surface area contributed by atoms with Crippen LogP contribution in [-0.4, -0.2) is 77.2 Å². The van der Waals surface area contributed by atoms with E-state index in [1.165, 1.54) is 9.80 Å². The quantitative estimate of drug-likeness (QED) is 0.835. The number of amides is 3. The Morgan fingerprint density at radius 1 is 1.10 bits per heavy atom. The molecule has 0 radical (unpaired) electrons. The number of rotatable bonds is 4. The number of likely N-dealkylation sites (tertiary alicyclic amines) is 2. The Morgan fingerprint density at radius 3 is 2.24 bits per heavy atom. The summed E-state index contributed by atoms with van der Waals surface area (Å²) in [6, 6.07) is 8.78. The van der Waals surface area contributed by atoms with Gasteiger partial charge in [-0.2, -0.15) is 0 Å². The van der Waals surface area contributed by atoms with E-state index >= 15 is 0 Å². The van der Waals surface area contributed by atoms with Crippen LogP contribution in [0, 0.1) is 5.41 Å². The maximum atomic E-state index is 12.9. The van der Waals surface area contributed by atoms with Crippen molar-refractivity contribution in [1.29, 1.82) is 0 Å². The summed E-state index contributed by atoms with van der Waals surface area (Å²) in [4.78, 5) is 40.9. The molecule has 8 nitrogen and oxygen atoms in total. The third-order valence-corrected chi connectivity index (χ3v) is 6.28. The third kappa shape index (κ3) is 4.81. The molecule has 158 valence electrons. The van der Waals surface area contributed by atoms with E-state index < -0.39 is 18.2 Å². The van der Waals surface area contributed by atoms with Crippen LogP contribution >= 0.6 is 0 Å². The van der Waals surface area contributed by atoms with E-state index in [1.54, 1.807) is 18.9 Å². The lowest BCUT2D eigenvalue weighted by Gasteiger charge is -2.40. The summed E-state index contributed by atoms with van der Waals surface area (Å²) < 4.78 is 5.31. The van der Waals surface area contributed by atoms with Gasteiger partial charge in [0.25, 0.3) is 0 Å². The summed E-state index contributed by atoms with van der Waals surface area (Å²) in [6.45, 7) is 4.16. The highest BCUT2D eigenvalue weighted by molar-refractivity contribution is 5.85. The lowest BCUT2D eigenvalue weighted by molar-refractivity contribution is -0.137. The summed E-state index contributed by atoms with van der Waals surface area (Å²) in [5.41, 5.74) is 0.875. The van der Waals surface area contributed by atoms with E-state index in [1.807, 2.05) is 30.3 Å². The van der Waals surface area contributed by atoms with Crippen molar-refractivity contribution in [1.82, 2.24) is 14.7 Å². The van der Waals surface area contributed by atoms with E-state index in [0.29, 0.717) is 26.2 Å². The van der Waals surface area contributed by atoms with Gasteiger partial charge in [0.1, 0.15) is 12.6 Å². The van der Waals surface area contributed by atoms with Crippen molar-refractivity contribution in [3.8, 4) is 0 Å². The molecule has 2 heterocycles. The first-order valence-corrected chi connectivity index (χ1v) is 10.0. The Bertz CT molecular complexity index is 746. The Balaban J connectivity index is 1.48. The van der Waals surface area contributed by atoms with Crippen molar-refractivity contribution in [3.63, 3.8) is 0 Å². The number of benzene rings is 1. The van der Waals surface area contributed by atoms with Crippen LogP contribution in [0.15, 0.2) is 30.3 Å². The Hall–Kier alpha value is -2.77. The van der Waals surface area contributed by atoms with Crippen LogP contribution in [0.1, 0.15) is 31.7 Å². The molecule has 1 N–H and O–H groups in total. The highest BCUT2D eigenvalue weighted by Crippen LogP contribution is 2.40. The van der Waals surface area contributed by atoms with Gasteiger partial charge in [-0.25, -0.2) is 9.59 Å². The van der Waals surface area contributed by atoms with Crippen molar-refractivity contribution in [2.24, 2.45) is 5.41 Å². The summed E-state index contributed by atoms with van der Waals surface area (Å²) in [5, 5.41) is 9.18. The summed E-state index contributed by atoms with van der Waals surface area (Å²) >= 11 is 0. The van der Waals surface area contributed by atoms with Gasteiger partial charge in [-0.1, -0.05) is 30.3 Å². The highest BCUT2D eigenvalue weighted by atomic mass is 16.6. The average molecular weight is 403 g/mol. The van der Waals surface area contributed by atoms with E-state index in [9.17, 15) is 19.5 Å². The standard InChI is InChI=1S/C21H29N3O5/c1-16(22(2)20(28)29-14-17-6-4-3-5-7-17)18(25)23-11-8-21(9-12-23)10-13-24(15-21)19(26)27/h3-7,16H,8-15H2,1-2H3,(H,26,27)/t16-/m1/s1. The number of hydrogen-bond donors (Lipinski definition) is 1. The van der Waals surface area contributed by atoms with Crippen LogP contribution in [-0.2, 0) is 16.1 Å². The van der Waals surface area contributed by atoms with E-state index in [2.05, 4.69) is 0 Å². The Labute approximate surface area is 171 Å². The topological polar surface area (TPSA) is 90.4 Å². The minimum atomic E-state index is -0.871. The zero-order chi connectivity index (χ0) is 21.0. The molecule has 8 heteroatoms. The van der Waals surface area contributed by atoms with Crippen molar-refractivity contribution in [2.45, 2.75) is 38.8 Å². The van der Waals surface area contributed by atoms with Gasteiger partial charge in [0.05, 0.1) is 0 Å². The van der Waals surface area contributed by atoms with Crippen LogP contribution in [0.4, 0.5) is 9.59 Å². The maximum Gasteiger partial charge on any atom is 0.410 e. The number of hydrogen-bond acceptors (Lipinski definition) is 4. The smallest absolute Gasteiger partial charge is 0.410 e. The fourth-order valence-electron chi connectivity index (χ4n) is 4.12. The molecule has 3 rings (SSSR count). The van der Waals surface area contributed by atoms with Gasteiger partial charge in [-0.05, 0) is 37.2 Å². The van der Waals surface area contributed by atoms with Gasteiger partial charge < -0.3 is 19.6 Å². The number of piperidine rings is 1. The van der Waals surface area contributed by atoms with E-state index in [-0.39, 0.29) is 17.9 Å². The number of carbonyl (C=O) groups is 3. The average Bonchev–Trinajstić information content (AvgIpc) is 3.15. The van der Waals surface area contributed by atoms with Crippen molar-refractivity contribution < 1.29 is 24.2 Å². The molecular formula is C21H29N3O5. The summed E-state index contributed by atoms with van der Waals surface area (Å²) in [7, 11) is 1.57. The lowest BCUT2D eigenvalue weighted by Crippen LogP contribution is -2.52. The monoisotopic (exact) mass is 403 g/mol. The first-order chi connectivity index (χ1) is 13.8. The molecule has 2 aliphatic heterocycles. The minimum absolute atomic E-state index is 0.0150. The van der Waals surface area contributed by atoms with Crippen LogP contribution in [0.25, 0.3) is 0 Å². The van der Waals surface area contributed by atoms with Crippen LogP contribution < -0.4 is 0 Å². The van der Waals surface area contributed by atoms with E-state index in [4.69, 9.17) is 4.74 Å². The SMILES string of the molecule is C[C@H](C(=O)N1CCC2(CCN(C(=O)O)C2)CC1)N(C)C(=O)OCc1ccccc1. The van der Waals surface area contributed by atoms with Crippen molar-refractivity contribution in [2.75, 3.05) is 33.2 Å². The predicted molar refractivity (Wildman–Crippen MR) is 106 cm³/mol. The van der Waals surface area contributed by atoms with Crippen molar-refractivity contribution >= 4 is 18.1 Å². The number of carboxylic acid groups (broad SMARTS) is 1. The second-order valence-corrected chi connectivity index (χ2v) is 8.11. The molecule has 29 heavy (non-hydrogen) atoms. The second-order valence-electron chi connectivity index (χ2n) is 8.11. The number of likely N-dealkylation sites (N-methyl/N-ethyl adjacent to an activating group) is 1. The van der Waals surface area contributed by atoms with Crippen LogP contribution in [0.2, 0.25) is 0 Å². The molecule has 1 aromatic carbocycles. The molecule has 3 amide bonds. The van der Waals surface area contributed by atoms with Crippen LogP contribution in [0.3, 0.4) is 0 Å². The molecule has 1 spiro atoms. The van der Waals surface area contributed by atoms with Crippen molar-refractivity contribution in [3.05, 3.63) is 35.9 Å². The first kappa shape index (κ1) is 21.0. The number of ether oxygens (including phenoxy) is 1. The first-order valence-electron chi connectivity index (χ1n) is 10.0. The third-order valence-electron chi connectivity index (χ3n) is 6.28. The van der Waals surface area contributed by atoms with Gasteiger partial charge in [0, 0.05) is 33.2 Å². The minimum Gasteiger partial charge on any atom is -0.465 e. The maximum absolute atomic E-state index is 12.9. The number of carbonyl (C=O) groups excluding carboxylic acids is 2. The Kier molecular flexibility index (Phi) is 6.30. The molecule has 1 aromatic rings. The number of nitrogens with zero attached hydrogens (tertiary/aromatic N) is 3. The van der Waals surface area contributed by atoms with Gasteiger partial charge in [-0.3, -0.25) is 9.69 Å². The molecule has 2 aliphatic rings. The van der Waals surface area contributed by atoms with Gasteiger partial charge >= 0.3 is 12.2 Å². The fraction of sp³-hybridized carbons (Fsp3) is 0.571. The molecule has 2 fully saturated rings. The molecule has 0 unspecified atom stereocenters. The van der Waals surface area contributed by atoms with Crippen LogP contribution in [0.5, 0.6) is 0 Å². The van der Waals surface area contributed by atoms with Gasteiger partial charge in [-0.15, -0.1) is 0 Å². The van der Waals surface area contributed by atoms with E-state index in [0.717, 1.165) is 24.8 Å². The molecule has 1 atom stereocenters. The Morgan fingerprint density at radius 2 is 1.69 bits per heavy atom. The molecule has 0 aliphatic carbocycles. The molecule has 0 bridgehead atoms. The molecular weight excluding hydrogens is 374 g/mol. The highest BCUT2D eigenvalue weighted by Gasteiger charge is 2.43. The fourth-order valence-corrected chi connectivity index (χ4v) is 4.12. The summed E-state index contributed by atoms with van der Waals surface area (Å²) in [6.07, 6.45) is 1.03. The van der Waals surface area contributed by atoms with Gasteiger partial charge in [0.15, 0.2) is 0 Å². The normalized spacial score (nSPS) is 19.1. The zero-order valence-corrected chi connectivity index (χ0v) is 17.0. The summed E-state index contributed by atoms with van der Waals surface area (Å²) in [5.74, 6) is -0.105.